The average Bonchev–Trinajstić information content (AvgIpc) is 2.90. The van der Waals surface area contributed by atoms with E-state index in [1.165, 1.54) is 29.2 Å². The first-order valence-corrected chi connectivity index (χ1v) is 14.4. The second-order valence-electron chi connectivity index (χ2n) is 9.13. The van der Waals surface area contributed by atoms with Crippen molar-refractivity contribution in [2.24, 2.45) is 0 Å². The molecule has 7 nitrogen and oxygen atoms in total. The average molecular weight is 556 g/mol. The summed E-state index contributed by atoms with van der Waals surface area (Å²) < 4.78 is 28.7. The Hall–Kier alpha value is -3.36. The van der Waals surface area contributed by atoms with Crippen LogP contribution in [0.4, 0.5) is 5.69 Å². The van der Waals surface area contributed by atoms with E-state index in [-0.39, 0.29) is 17.3 Å². The van der Waals surface area contributed by atoms with Crippen LogP contribution in [0.15, 0.2) is 83.8 Å². The molecule has 202 valence electrons. The van der Waals surface area contributed by atoms with E-state index in [1.807, 2.05) is 50.2 Å². The molecule has 1 N–H and O–H groups in total. The second-order valence-corrected chi connectivity index (χ2v) is 11.4. The van der Waals surface area contributed by atoms with Gasteiger partial charge in [-0.15, -0.1) is 0 Å². The van der Waals surface area contributed by atoms with Gasteiger partial charge in [-0.3, -0.25) is 13.9 Å². The zero-order chi connectivity index (χ0) is 27.7. The van der Waals surface area contributed by atoms with Gasteiger partial charge in [0.05, 0.1) is 10.6 Å². The van der Waals surface area contributed by atoms with Crippen molar-refractivity contribution < 1.29 is 18.0 Å². The number of amides is 2. The lowest BCUT2D eigenvalue weighted by molar-refractivity contribution is -0.139. The zero-order valence-electron chi connectivity index (χ0n) is 21.9. The lowest BCUT2D eigenvalue weighted by Crippen LogP contribution is -2.51. The quantitative estimate of drug-likeness (QED) is 0.312. The Bertz CT molecular complexity index is 1330. The first kappa shape index (κ1) is 29.2. The number of hydrogen-bond acceptors (Lipinski definition) is 4. The molecule has 2 amide bonds. The summed E-state index contributed by atoms with van der Waals surface area (Å²) in [6, 6.07) is 21.3. The van der Waals surface area contributed by atoms with Crippen molar-refractivity contribution in [1.29, 1.82) is 0 Å². The molecule has 0 aromatic heterocycles. The van der Waals surface area contributed by atoms with Gasteiger partial charge < -0.3 is 10.2 Å². The Labute approximate surface area is 230 Å². The van der Waals surface area contributed by atoms with Gasteiger partial charge in [0.15, 0.2) is 0 Å². The molecule has 38 heavy (non-hydrogen) atoms. The molecule has 0 radical (unpaired) electrons. The molecule has 3 rings (SSSR count). The Morgan fingerprint density at radius 1 is 0.974 bits per heavy atom. The molecule has 1 atom stereocenters. The van der Waals surface area contributed by atoms with Gasteiger partial charge in [-0.05, 0) is 67.8 Å². The predicted molar refractivity (Wildman–Crippen MR) is 152 cm³/mol. The van der Waals surface area contributed by atoms with E-state index < -0.39 is 28.5 Å². The summed E-state index contributed by atoms with van der Waals surface area (Å²) in [4.78, 5) is 28.2. The van der Waals surface area contributed by atoms with Gasteiger partial charge in [0.2, 0.25) is 11.8 Å². The highest BCUT2D eigenvalue weighted by atomic mass is 35.5. The third-order valence-corrected chi connectivity index (χ3v) is 8.20. The van der Waals surface area contributed by atoms with E-state index in [1.54, 1.807) is 25.1 Å². The van der Waals surface area contributed by atoms with Crippen LogP contribution in [0.5, 0.6) is 0 Å². The standard InChI is InChI=1S/C29H34ClN3O4S/c1-4-5-18-31-29(35)23(3)32(20-24-11-7-6-8-12-24)28(34)21-33(26-13-9-10-22(2)19-26)38(36,37)27-16-14-25(30)15-17-27/h6-17,19,23H,4-5,18,20-21H2,1-3H3,(H,31,35)/t23-/m1/s1. The molecule has 0 saturated carbocycles. The maximum Gasteiger partial charge on any atom is 0.264 e. The molecule has 3 aromatic rings. The first-order chi connectivity index (χ1) is 18.1. The summed E-state index contributed by atoms with van der Waals surface area (Å²) >= 11 is 5.98. The van der Waals surface area contributed by atoms with E-state index in [0.29, 0.717) is 17.3 Å². The number of sulfonamides is 1. The monoisotopic (exact) mass is 555 g/mol. The Morgan fingerprint density at radius 2 is 1.66 bits per heavy atom. The Kier molecular flexibility index (Phi) is 10.3. The number of unbranched alkanes of at least 4 members (excludes halogenated alkanes) is 1. The van der Waals surface area contributed by atoms with E-state index in [0.717, 1.165) is 28.3 Å². The first-order valence-electron chi connectivity index (χ1n) is 12.6. The predicted octanol–water partition coefficient (Wildman–Crippen LogP) is 5.18. The van der Waals surface area contributed by atoms with Gasteiger partial charge in [-0.1, -0.05) is 67.4 Å². The summed E-state index contributed by atoms with van der Waals surface area (Å²) in [6.07, 6.45) is 1.75. The molecule has 0 fully saturated rings. The summed E-state index contributed by atoms with van der Waals surface area (Å²) in [6.45, 7) is 5.73. The number of benzene rings is 3. The van der Waals surface area contributed by atoms with Gasteiger partial charge in [0.25, 0.3) is 10.0 Å². The van der Waals surface area contributed by atoms with Crippen molar-refractivity contribution in [3.8, 4) is 0 Å². The van der Waals surface area contributed by atoms with E-state index in [2.05, 4.69) is 5.32 Å². The van der Waals surface area contributed by atoms with Crippen molar-refractivity contribution in [2.45, 2.75) is 51.1 Å². The topological polar surface area (TPSA) is 86.8 Å². The van der Waals surface area contributed by atoms with E-state index in [9.17, 15) is 18.0 Å². The molecule has 0 aliphatic carbocycles. The van der Waals surface area contributed by atoms with Crippen LogP contribution in [-0.4, -0.2) is 44.3 Å². The van der Waals surface area contributed by atoms with E-state index >= 15 is 0 Å². The molecular weight excluding hydrogens is 522 g/mol. The molecule has 0 unspecified atom stereocenters. The Morgan fingerprint density at radius 3 is 2.29 bits per heavy atom. The number of nitrogens with zero attached hydrogens (tertiary/aromatic N) is 2. The number of carbonyl (C=O) groups excluding carboxylic acids is 2. The van der Waals surface area contributed by atoms with Crippen LogP contribution in [0.2, 0.25) is 5.02 Å². The van der Waals surface area contributed by atoms with Crippen molar-refractivity contribution >= 4 is 39.1 Å². The molecule has 0 saturated heterocycles. The summed E-state index contributed by atoms with van der Waals surface area (Å²) in [5, 5.41) is 3.28. The van der Waals surface area contributed by atoms with Gasteiger partial charge in [0, 0.05) is 18.1 Å². The van der Waals surface area contributed by atoms with E-state index in [4.69, 9.17) is 11.6 Å². The lowest BCUT2D eigenvalue weighted by atomic mass is 10.1. The summed E-state index contributed by atoms with van der Waals surface area (Å²) in [5.41, 5.74) is 2.03. The molecular formula is C29H34ClN3O4S. The summed E-state index contributed by atoms with van der Waals surface area (Å²) in [7, 11) is -4.13. The van der Waals surface area contributed by atoms with Gasteiger partial charge >= 0.3 is 0 Å². The van der Waals surface area contributed by atoms with Crippen LogP contribution in [0.25, 0.3) is 0 Å². The number of carbonyl (C=O) groups is 2. The highest BCUT2D eigenvalue weighted by Gasteiger charge is 2.32. The van der Waals surface area contributed by atoms with Gasteiger partial charge in [0.1, 0.15) is 12.6 Å². The van der Waals surface area contributed by atoms with Gasteiger partial charge in [-0.25, -0.2) is 8.42 Å². The zero-order valence-corrected chi connectivity index (χ0v) is 23.5. The summed E-state index contributed by atoms with van der Waals surface area (Å²) in [5.74, 6) is -0.781. The van der Waals surface area contributed by atoms with Crippen molar-refractivity contribution in [2.75, 3.05) is 17.4 Å². The number of nitrogens with one attached hydrogen (secondary N) is 1. The number of hydrogen-bond donors (Lipinski definition) is 1. The SMILES string of the molecule is CCCCNC(=O)[C@@H](C)N(Cc1ccccc1)C(=O)CN(c1cccc(C)c1)S(=O)(=O)c1ccc(Cl)cc1. The fourth-order valence-electron chi connectivity index (χ4n) is 3.94. The van der Waals surface area contributed by atoms with Crippen molar-refractivity contribution in [3.05, 3.63) is 95.0 Å². The molecule has 0 heterocycles. The smallest absolute Gasteiger partial charge is 0.264 e. The van der Waals surface area contributed by atoms with Crippen LogP contribution in [0, 0.1) is 6.92 Å². The molecule has 0 aliphatic heterocycles. The van der Waals surface area contributed by atoms with Crippen LogP contribution in [0.1, 0.15) is 37.8 Å². The fourth-order valence-corrected chi connectivity index (χ4v) is 5.48. The minimum Gasteiger partial charge on any atom is -0.354 e. The number of halogens is 1. The van der Waals surface area contributed by atoms with Crippen molar-refractivity contribution in [3.63, 3.8) is 0 Å². The third kappa shape index (κ3) is 7.58. The fraction of sp³-hybridized carbons (Fsp3) is 0.310. The number of aryl methyl sites for hydroxylation is 1. The molecule has 3 aromatic carbocycles. The highest BCUT2D eigenvalue weighted by Crippen LogP contribution is 2.26. The van der Waals surface area contributed by atoms with Crippen LogP contribution in [-0.2, 0) is 26.2 Å². The molecule has 0 spiro atoms. The normalized spacial score (nSPS) is 12.0. The minimum atomic E-state index is -4.13. The number of anilines is 1. The minimum absolute atomic E-state index is 0.0103. The lowest BCUT2D eigenvalue weighted by Gasteiger charge is -2.32. The van der Waals surface area contributed by atoms with Gasteiger partial charge in [-0.2, -0.15) is 0 Å². The maximum absolute atomic E-state index is 13.8. The van der Waals surface area contributed by atoms with Crippen molar-refractivity contribution in [1.82, 2.24) is 10.2 Å². The number of rotatable bonds is 12. The van der Waals surface area contributed by atoms with Crippen LogP contribution in [0.3, 0.4) is 0 Å². The molecule has 0 bridgehead atoms. The van der Waals surface area contributed by atoms with Crippen LogP contribution >= 0.6 is 11.6 Å². The van der Waals surface area contributed by atoms with Crippen LogP contribution < -0.4 is 9.62 Å². The molecule has 9 heteroatoms. The highest BCUT2D eigenvalue weighted by molar-refractivity contribution is 7.92. The largest absolute Gasteiger partial charge is 0.354 e. The third-order valence-electron chi connectivity index (χ3n) is 6.16. The Balaban J connectivity index is 1.98. The molecule has 0 aliphatic rings. The maximum atomic E-state index is 13.8. The second kappa shape index (κ2) is 13.4.